The molecule has 3 rings (SSSR count). The zero-order chi connectivity index (χ0) is 16.2. The van der Waals surface area contributed by atoms with Crippen molar-refractivity contribution in [1.82, 2.24) is 9.80 Å². The second-order valence-electron chi connectivity index (χ2n) is 5.47. The third-order valence-electron chi connectivity index (χ3n) is 4.01. The van der Waals surface area contributed by atoms with Crippen LogP contribution in [0.2, 0.25) is 0 Å². The molecule has 1 fully saturated rings. The number of rotatable bonds is 4. The molecule has 23 heavy (non-hydrogen) atoms. The zero-order valence-corrected chi connectivity index (χ0v) is 15.4. The smallest absolute Gasteiger partial charge is 0.257 e. The van der Waals surface area contributed by atoms with Gasteiger partial charge in [0.15, 0.2) is 0 Å². The summed E-state index contributed by atoms with van der Waals surface area (Å²) in [5, 5.41) is 0. The lowest BCUT2D eigenvalue weighted by Crippen LogP contribution is -2.48. The highest BCUT2D eigenvalue weighted by Crippen LogP contribution is 2.24. The van der Waals surface area contributed by atoms with Crippen molar-refractivity contribution >= 4 is 33.2 Å². The highest BCUT2D eigenvalue weighted by atomic mass is 79.9. The number of thiophene rings is 1. The summed E-state index contributed by atoms with van der Waals surface area (Å²) >= 11 is 5.27. The van der Waals surface area contributed by atoms with E-state index in [0.29, 0.717) is 11.3 Å². The molecule has 0 N–H and O–H groups in total. The standard InChI is InChI=1S/C17H19BrN2O2S/c1-22-15-5-3-2-4-14(15)17(21)20-10-8-19(9-11-20)12-13-6-7-16(18)23-13/h2-7H,8-12H2,1H3. The number of carbonyl (C=O) groups is 1. The number of para-hydroxylation sites is 1. The molecule has 4 nitrogen and oxygen atoms in total. The van der Waals surface area contributed by atoms with Crippen LogP contribution in [-0.4, -0.2) is 49.0 Å². The van der Waals surface area contributed by atoms with Crippen LogP contribution in [0.1, 0.15) is 15.2 Å². The fourth-order valence-electron chi connectivity index (χ4n) is 2.76. The van der Waals surface area contributed by atoms with Crippen LogP contribution >= 0.6 is 27.3 Å². The fraction of sp³-hybridized carbons (Fsp3) is 0.353. The second kappa shape index (κ2) is 7.47. The van der Waals surface area contributed by atoms with E-state index in [1.807, 2.05) is 29.2 Å². The number of halogens is 1. The molecule has 0 aliphatic carbocycles. The van der Waals surface area contributed by atoms with Crippen molar-refractivity contribution in [2.75, 3.05) is 33.3 Å². The minimum Gasteiger partial charge on any atom is -0.496 e. The van der Waals surface area contributed by atoms with E-state index in [4.69, 9.17) is 4.74 Å². The van der Waals surface area contributed by atoms with E-state index >= 15 is 0 Å². The van der Waals surface area contributed by atoms with Crippen LogP contribution in [0.25, 0.3) is 0 Å². The molecule has 1 amide bonds. The summed E-state index contributed by atoms with van der Waals surface area (Å²) in [6.07, 6.45) is 0. The molecular weight excluding hydrogens is 376 g/mol. The molecule has 6 heteroatoms. The van der Waals surface area contributed by atoms with Gasteiger partial charge >= 0.3 is 0 Å². The Kier molecular flexibility index (Phi) is 5.35. The van der Waals surface area contributed by atoms with E-state index in [-0.39, 0.29) is 5.91 Å². The molecule has 0 saturated carbocycles. The van der Waals surface area contributed by atoms with Gasteiger partial charge in [-0.2, -0.15) is 0 Å². The number of amides is 1. The van der Waals surface area contributed by atoms with Gasteiger partial charge in [-0.1, -0.05) is 12.1 Å². The first kappa shape index (κ1) is 16.5. The average molecular weight is 395 g/mol. The number of ether oxygens (including phenoxy) is 1. The van der Waals surface area contributed by atoms with Crippen LogP contribution < -0.4 is 4.74 Å². The Morgan fingerprint density at radius 3 is 2.57 bits per heavy atom. The lowest BCUT2D eigenvalue weighted by molar-refractivity contribution is 0.0626. The highest BCUT2D eigenvalue weighted by molar-refractivity contribution is 9.11. The Labute approximate surface area is 148 Å². The third-order valence-corrected chi connectivity index (χ3v) is 5.61. The van der Waals surface area contributed by atoms with Gasteiger partial charge in [-0.25, -0.2) is 0 Å². The van der Waals surface area contributed by atoms with Gasteiger partial charge in [-0.3, -0.25) is 9.69 Å². The Morgan fingerprint density at radius 2 is 1.91 bits per heavy atom. The van der Waals surface area contributed by atoms with E-state index in [9.17, 15) is 4.79 Å². The lowest BCUT2D eigenvalue weighted by atomic mass is 10.1. The Morgan fingerprint density at radius 1 is 1.17 bits per heavy atom. The fourth-order valence-corrected chi connectivity index (χ4v) is 4.28. The van der Waals surface area contributed by atoms with Crippen molar-refractivity contribution in [3.8, 4) is 5.75 Å². The van der Waals surface area contributed by atoms with Crippen LogP contribution in [0.3, 0.4) is 0 Å². The highest BCUT2D eigenvalue weighted by Gasteiger charge is 2.24. The predicted octanol–water partition coefficient (Wildman–Crippen LogP) is 3.48. The van der Waals surface area contributed by atoms with Gasteiger partial charge in [0.1, 0.15) is 5.75 Å². The van der Waals surface area contributed by atoms with Crippen LogP contribution in [-0.2, 0) is 6.54 Å². The first-order valence-electron chi connectivity index (χ1n) is 7.56. The molecule has 1 aromatic heterocycles. The molecule has 2 aromatic rings. The van der Waals surface area contributed by atoms with Crippen molar-refractivity contribution in [2.24, 2.45) is 0 Å². The number of hydrogen-bond donors (Lipinski definition) is 0. The van der Waals surface area contributed by atoms with Crippen molar-refractivity contribution in [2.45, 2.75) is 6.54 Å². The molecule has 1 aliphatic heterocycles. The molecule has 0 bridgehead atoms. The Balaban J connectivity index is 1.59. The Bertz CT molecular complexity index is 681. The molecule has 0 radical (unpaired) electrons. The summed E-state index contributed by atoms with van der Waals surface area (Å²) in [6.45, 7) is 4.26. The van der Waals surface area contributed by atoms with Gasteiger partial charge in [-0.15, -0.1) is 11.3 Å². The maximum atomic E-state index is 12.7. The van der Waals surface area contributed by atoms with Crippen LogP contribution in [0.15, 0.2) is 40.2 Å². The van der Waals surface area contributed by atoms with Gasteiger partial charge in [-0.05, 0) is 40.2 Å². The van der Waals surface area contributed by atoms with Crippen LogP contribution in [0.4, 0.5) is 0 Å². The number of methoxy groups -OCH3 is 1. The van der Waals surface area contributed by atoms with Gasteiger partial charge < -0.3 is 9.64 Å². The summed E-state index contributed by atoms with van der Waals surface area (Å²) in [4.78, 5) is 18.3. The number of piperazine rings is 1. The maximum absolute atomic E-state index is 12.7. The molecule has 122 valence electrons. The Hall–Kier alpha value is -1.37. The second-order valence-corrected chi connectivity index (χ2v) is 8.02. The van der Waals surface area contributed by atoms with Gasteiger partial charge in [0.05, 0.1) is 16.5 Å². The maximum Gasteiger partial charge on any atom is 0.257 e. The van der Waals surface area contributed by atoms with E-state index in [1.165, 1.54) is 4.88 Å². The summed E-state index contributed by atoms with van der Waals surface area (Å²) in [5.41, 5.74) is 0.644. The number of benzene rings is 1. The van der Waals surface area contributed by atoms with Gasteiger partial charge in [0.2, 0.25) is 0 Å². The van der Waals surface area contributed by atoms with E-state index in [0.717, 1.165) is 36.5 Å². The minimum atomic E-state index is 0.0565. The first-order chi connectivity index (χ1) is 11.2. The molecule has 1 saturated heterocycles. The monoisotopic (exact) mass is 394 g/mol. The lowest BCUT2D eigenvalue weighted by Gasteiger charge is -2.34. The van der Waals surface area contributed by atoms with Crippen molar-refractivity contribution < 1.29 is 9.53 Å². The number of carbonyl (C=O) groups excluding carboxylic acids is 1. The predicted molar refractivity (Wildman–Crippen MR) is 96.2 cm³/mol. The van der Waals surface area contributed by atoms with Crippen molar-refractivity contribution in [1.29, 1.82) is 0 Å². The minimum absolute atomic E-state index is 0.0565. The van der Waals surface area contributed by atoms with Crippen molar-refractivity contribution in [3.63, 3.8) is 0 Å². The van der Waals surface area contributed by atoms with E-state index in [2.05, 4.69) is 33.0 Å². The molecular formula is C17H19BrN2O2S. The molecule has 0 atom stereocenters. The molecule has 1 aliphatic rings. The average Bonchev–Trinajstić information content (AvgIpc) is 3.00. The quantitative estimate of drug-likeness (QED) is 0.795. The topological polar surface area (TPSA) is 32.8 Å². The zero-order valence-electron chi connectivity index (χ0n) is 13.0. The SMILES string of the molecule is COc1ccccc1C(=O)N1CCN(Cc2ccc(Br)s2)CC1. The van der Waals surface area contributed by atoms with Gasteiger partial charge in [0.25, 0.3) is 5.91 Å². The molecule has 0 unspecified atom stereocenters. The number of hydrogen-bond acceptors (Lipinski definition) is 4. The third kappa shape index (κ3) is 3.94. The van der Waals surface area contributed by atoms with Gasteiger partial charge in [0, 0.05) is 37.6 Å². The van der Waals surface area contributed by atoms with Crippen LogP contribution in [0, 0.1) is 0 Å². The van der Waals surface area contributed by atoms with Crippen LogP contribution in [0.5, 0.6) is 5.75 Å². The van der Waals surface area contributed by atoms with Crippen molar-refractivity contribution in [3.05, 3.63) is 50.6 Å². The summed E-state index contributed by atoms with van der Waals surface area (Å²) in [5.74, 6) is 0.698. The van der Waals surface area contributed by atoms with E-state index in [1.54, 1.807) is 18.4 Å². The summed E-state index contributed by atoms with van der Waals surface area (Å²) < 4.78 is 6.46. The summed E-state index contributed by atoms with van der Waals surface area (Å²) in [7, 11) is 1.60. The first-order valence-corrected chi connectivity index (χ1v) is 9.17. The number of nitrogens with zero attached hydrogens (tertiary/aromatic N) is 2. The molecule has 2 heterocycles. The normalized spacial score (nSPS) is 15.7. The largest absolute Gasteiger partial charge is 0.496 e. The van der Waals surface area contributed by atoms with E-state index < -0.39 is 0 Å². The summed E-state index contributed by atoms with van der Waals surface area (Å²) in [6, 6.07) is 11.7. The molecule has 1 aromatic carbocycles. The molecule has 0 spiro atoms.